The van der Waals surface area contributed by atoms with E-state index < -0.39 is 17.6 Å². The minimum Gasteiger partial charge on any atom is -0.262 e. The van der Waals surface area contributed by atoms with Crippen molar-refractivity contribution in [2.24, 2.45) is 0 Å². The van der Waals surface area contributed by atoms with Crippen LogP contribution in [0.3, 0.4) is 0 Å². The lowest BCUT2D eigenvalue weighted by atomic mass is 10.0. The average molecular weight is 241 g/mol. The molecule has 0 atom stereocenters. The Balaban J connectivity index is 2.51. The van der Waals surface area contributed by atoms with Crippen LogP contribution < -0.4 is 0 Å². The molecule has 17 heavy (non-hydrogen) atoms. The molecule has 0 saturated carbocycles. The summed E-state index contributed by atoms with van der Waals surface area (Å²) in [4.78, 5) is 3.54. The molecule has 88 valence electrons. The standard InChI is InChI=1S/C12H7F4N/c13-11-7-17-5-4-10(11)8-2-1-3-9(6-8)12(14,15)16/h1-7H. The van der Waals surface area contributed by atoms with Crippen molar-refractivity contribution in [2.45, 2.75) is 6.18 Å². The molecule has 0 bridgehead atoms. The number of rotatable bonds is 1. The van der Waals surface area contributed by atoms with Gasteiger partial charge in [0.05, 0.1) is 11.8 Å². The fraction of sp³-hybridized carbons (Fsp3) is 0.0833. The first-order valence-corrected chi connectivity index (χ1v) is 4.75. The molecule has 1 heterocycles. The van der Waals surface area contributed by atoms with E-state index in [-0.39, 0.29) is 11.1 Å². The number of hydrogen-bond acceptors (Lipinski definition) is 1. The molecule has 0 spiro atoms. The zero-order chi connectivity index (χ0) is 12.5. The molecule has 0 saturated heterocycles. The van der Waals surface area contributed by atoms with Crippen molar-refractivity contribution in [1.29, 1.82) is 0 Å². The normalized spacial score (nSPS) is 11.5. The van der Waals surface area contributed by atoms with Gasteiger partial charge in [-0.15, -0.1) is 0 Å². The quantitative estimate of drug-likeness (QED) is 0.690. The zero-order valence-electron chi connectivity index (χ0n) is 8.50. The lowest BCUT2D eigenvalue weighted by Crippen LogP contribution is -2.04. The Morgan fingerprint density at radius 2 is 1.82 bits per heavy atom. The lowest BCUT2D eigenvalue weighted by Gasteiger charge is -2.09. The zero-order valence-corrected chi connectivity index (χ0v) is 8.50. The highest BCUT2D eigenvalue weighted by atomic mass is 19.4. The van der Waals surface area contributed by atoms with Crippen molar-refractivity contribution < 1.29 is 17.6 Å². The molecule has 1 aromatic heterocycles. The maximum absolute atomic E-state index is 13.4. The van der Waals surface area contributed by atoms with Crippen molar-refractivity contribution in [3.63, 3.8) is 0 Å². The number of benzene rings is 1. The molecule has 1 aromatic carbocycles. The number of pyridine rings is 1. The van der Waals surface area contributed by atoms with Gasteiger partial charge in [0.1, 0.15) is 5.82 Å². The fourth-order valence-corrected chi connectivity index (χ4v) is 1.47. The number of nitrogens with zero attached hydrogens (tertiary/aromatic N) is 1. The Kier molecular flexibility index (Phi) is 2.83. The first-order valence-electron chi connectivity index (χ1n) is 4.75. The largest absolute Gasteiger partial charge is 0.416 e. The van der Waals surface area contributed by atoms with Crippen LogP contribution in [0.15, 0.2) is 42.7 Å². The van der Waals surface area contributed by atoms with E-state index >= 15 is 0 Å². The van der Waals surface area contributed by atoms with Gasteiger partial charge in [-0.1, -0.05) is 12.1 Å². The summed E-state index contributed by atoms with van der Waals surface area (Å²) in [6.45, 7) is 0. The van der Waals surface area contributed by atoms with E-state index in [2.05, 4.69) is 4.98 Å². The molecular formula is C12H7F4N. The first-order chi connectivity index (χ1) is 7.98. The van der Waals surface area contributed by atoms with E-state index in [0.29, 0.717) is 0 Å². The smallest absolute Gasteiger partial charge is 0.262 e. The third-order valence-corrected chi connectivity index (χ3v) is 2.27. The SMILES string of the molecule is Fc1cnccc1-c1cccc(C(F)(F)F)c1. The van der Waals surface area contributed by atoms with Crippen molar-refractivity contribution in [2.75, 3.05) is 0 Å². The molecule has 0 aliphatic heterocycles. The van der Waals surface area contributed by atoms with Gasteiger partial charge in [-0.05, 0) is 23.8 Å². The van der Waals surface area contributed by atoms with Crippen LogP contribution in [0.25, 0.3) is 11.1 Å². The van der Waals surface area contributed by atoms with Gasteiger partial charge in [0.25, 0.3) is 0 Å². The van der Waals surface area contributed by atoms with Crippen molar-refractivity contribution in [3.8, 4) is 11.1 Å². The van der Waals surface area contributed by atoms with Crippen molar-refractivity contribution >= 4 is 0 Å². The summed E-state index contributed by atoms with van der Waals surface area (Å²) < 4.78 is 50.8. The Labute approximate surface area is 94.7 Å². The molecule has 0 unspecified atom stereocenters. The van der Waals surface area contributed by atoms with Crippen LogP contribution in [0, 0.1) is 5.82 Å². The summed E-state index contributed by atoms with van der Waals surface area (Å²) in [5, 5.41) is 0. The first kappa shape index (κ1) is 11.6. The Morgan fingerprint density at radius 3 is 2.47 bits per heavy atom. The molecule has 0 aliphatic carbocycles. The van der Waals surface area contributed by atoms with Gasteiger partial charge >= 0.3 is 6.18 Å². The Bertz CT molecular complexity index is 534. The molecule has 0 radical (unpaired) electrons. The van der Waals surface area contributed by atoms with Crippen molar-refractivity contribution in [3.05, 3.63) is 54.1 Å². The number of halogens is 4. The molecular weight excluding hydrogens is 234 g/mol. The predicted octanol–water partition coefficient (Wildman–Crippen LogP) is 3.91. The van der Waals surface area contributed by atoms with E-state index in [4.69, 9.17) is 0 Å². The highest BCUT2D eigenvalue weighted by Crippen LogP contribution is 2.32. The monoisotopic (exact) mass is 241 g/mol. The molecule has 2 rings (SSSR count). The van der Waals surface area contributed by atoms with Gasteiger partial charge in [0, 0.05) is 11.8 Å². The van der Waals surface area contributed by atoms with E-state index in [1.165, 1.54) is 24.4 Å². The minimum absolute atomic E-state index is 0.103. The number of aromatic nitrogens is 1. The molecule has 1 nitrogen and oxygen atoms in total. The van der Waals surface area contributed by atoms with Crippen LogP contribution >= 0.6 is 0 Å². The summed E-state index contributed by atoms with van der Waals surface area (Å²) in [7, 11) is 0. The van der Waals surface area contributed by atoms with E-state index in [1.54, 1.807) is 0 Å². The highest BCUT2D eigenvalue weighted by Gasteiger charge is 2.30. The lowest BCUT2D eigenvalue weighted by molar-refractivity contribution is -0.137. The van der Waals surface area contributed by atoms with Crippen LogP contribution in [0.1, 0.15) is 5.56 Å². The van der Waals surface area contributed by atoms with E-state index in [1.807, 2.05) is 0 Å². The summed E-state index contributed by atoms with van der Waals surface area (Å²) in [6.07, 6.45) is -2.13. The van der Waals surface area contributed by atoms with Gasteiger partial charge in [-0.2, -0.15) is 13.2 Å². The van der Waals surface area contributed by atoms with Crippen LogP contribution in [0.2, 0.25) is 0 Å². The minimum atomic E-state index is -4.43. The second-order valence-electron chi connectivity index (χ2n) is 3.43. The van der Waals surface area contributed by atoms with Crippen LogP contribution in [-0.4, -0.2) is 4.98 Å². The summed E-state index contributed by atoms with van der Waals surface area (Å²) in [6, 6.07) is 5.87. The third-order valence-electron chi connectivity index (χ3n) is 2.27. The summed E-state index contributed by atoms with van der Waals surface area (Å²) in [5.41, 5.74) is -0.517. The molecule has 5 heteroatoms. The van der Waals surface area contributed by atoms with Crippen LogP contribution in [0.4, 0.5) is 17.6 Å². The number of alkyl halides is 3. The topological polar surface area (TPSA) is 12.9 Å². The van der Waals surface area contributed by atoms with Gasteiger partial charge in [-0.3, -0.25) is 4.98 Å². The molecule has 2 aromatic rings. The molecule has 0 amide bonds. The second-order valence-corrected chi connectivity index (χ2v) is 3.43. The fourth-order valence-electron chi connectivity index (χ4n) is 1.47. The summed E-state index contributed by atoms with van der Waals surface area (Å²) in [5.74, 6) is -0.646. The van der Waals surface area contributed by atoms with Gasteiger partial charge in [0.2, 0.25) is 0 Å². The highest BCUT2D eigenvalue weighted by molar-refractivity contribution is 5.64. The third kappa shape index (κ3) is 2.43. The van der Waals surface area contributed by atoms with E-state index in [0.717, 1.165) is 18.3 Å². The maximum atomic E-state index is 13.4. The van der Waals surface area contributed by atoms with E-state index in [9.17, 15) is 17.6 Å². The molecule has 0 fully saturated rings. The summed E-state index contributed by atoms with van der Waals surface area (Å²) >= 11 is 0. The van der Waals surface area contributed by atoms with Crippen LogP contribution in [-0.2, 0) is 6.18 Å². The second kappa shape index (κ2) is 4.16. The van der Waals surface area contributed by atoms with Crippen molar-refractivity contribution in [1.82, 2.24) is 4.98 Å². The van der Waals surface area contributed by atoms with Gasteiger partial charge in [0.15, 0.2) is 0 Å². The van der Waals surface area contributed by atoms with Gasteiger partial charge < -0.3 is 0 Å². The number of hydrogen-bond donors (Lipinski definition) is 0. The predicted molar refractivity (Wildman–Crippen MR) is 54.6 cm³/mol. The van der Waals surface area contributed by atoms with Crippen LogP contribution in [0.5, 0.6) is 0 Å². The Morgan fingerprint density at radius 1 is 1.06 bits per heavy atom. The Hall–Kier alpha value is -1.91. The maximum Gasteiger partial charge on any atom is 0.416 e. The molecule has 0 N–H and O–H groups in total. The molecule has 0 aliphatic rings. The average Bonchev–Trinajstić information content (AvgIpc) is 2.29. The van der Waals surface area contributed by atoms with Gasteiger partial charge in [-0.25, -0.2) is 4.39 Å².